The fourth-order valence-electron chi connectivity index (χ4n) is 3.19. The molecule has 0 aliphatic rings. The van der Waals surface area contributed by atoms with Crippen LogP contribution in [0.4, 0.5) is 10.1 Å². The van der Waals surface area contributed by atoms with Crippen molar-refractivity contribution in [2.45, 2.75) is 20.3 Å². The molecule has 172 valence electrons. The number of aromatic amines is 1. The van der Waals surface area contributed by atoms with Crippen molar-refractivity contribution in [2.75, 3.05) is 31.6 Å². The molecule has 0 atom stereocenters. The number of ether oxygens (including phenoxy) is 1. The molecule has 0 spiro atoms. The van der Waals surface area contributed by atoms with Crippen LogP contribution in [0, 0.1) is 5.82 Å². The SMILES string of the molecule is CCNC(=NCCc1c[nH]c2ccc(F)cc12)NCCOc1cccc(NC(C)=O)c1.I. The van der Waals surface area contributed by atoms with Crippen LogP contribution in [0.1, 0.15) is 19.4 Å². The van der Waals surface area contributed by atoms with Gasteiger partial charge >= 0.3 is 0 Å². The number of rotatable bonds is 9. The average Bonchev–Trinajstić information content (AvgIpc) is 3.13. The molecule has 3 rings (SSSR count). The van der Waals surface area contributed by atoms with Gasteiger partial charge in [0.2, 0.25) is 5.91 Å². The molecule has 32 heavy (non-hydrogen) atoms. The van der Waals surface area contributed by atoms with Gasteiger partial charge in [-0.2, -0.15) is 0 Å². The van der Waals surface area contributed by atoms with Crippen LogP contribution in [0.25, 0.3) is 10.9 Å². The Morgan fingerprint density at radius 1 is 1.19 bits per heavy atom. The number of aliphatic imine (C=N–C) groups is 1. The van der Waals surface area contributed by atoms with Crippen molar-refractivity contribution in [1.29, 1.82) is 0 Å². The fourth-order valence-corrected chi connectivity index (χ4v) is 3.19. The largest absolute Gasteiger partial charge is 0.492 e. The maximum Gasteiger partial charge on any atom is 0.221 e. The number of nitrogens with one attached hydrogen (secondary N) is 4. The smallest absolute Gasteiger partial charge is 0.221 e. The van der Waals surface area contributed by atoms with Crippen LogP contribution >= 0.6 is 24.0 Å². The minimum absolute atomic E-state index is 0. The van der Waals surface area contributed by atoms with Crippen LogP contribution in [0.2, 0.25) is 0 Å². The first-order valence-corrected chi connectivity index (χ1v) is 10.3. The van der Waals surface area contributed by atoms with Crippen molar-refractivity contribution in [3.8, 4) is 5.75 Å². The Balaban J connectivity index is 0.00000363. The molecule has 7 nitrogen and oxygen atoms in total. The number of fused-ring (bicyclic) bond motifs is 1. The molecule has 0 aliphatic heterocycles. The summed E-state index contributed by atoms with van der Waals surface area (Å²) in [6, 6.07) is 12.0. The maximum absolute atomic E-state index is 13.5. The van der Waals surface area contributed by atoms with Gasteiger partial charge in [0.15, 0.2) is 5.96 Å². The molecule has 4 N–H and O–H groups in total. The number of hydrogen-bond donors (Lipinski definition) is 4. The van der Waals surface area contributed by atoms with Crippen LogP contribution < -0.4 is 20.7 Å². The number of benzene rings is 2. The first kappa shape index (κ1) is 25.4. The van der Waals surface area contributed by atoms with E-state index in [1.54, 1.807) is 18.2 Å². The molecule has 1 amide bonds. The molecule has 0 radical (unpaired) electrons. The standard InChI is InChI=1S/C23H28FN5O2.HI/c1-3-25-23(26-10-9-17-15-28-22-8-7-18(24)13-21(17)22)27-11-12-31-20-6-4-5-19(14-20)29-16(2)30;/h4-8,13-15,28H,3,9-12H2,1-2H3,(H,29,30)(H2,25,26,27);1H. The predicted molar refractivity (Wildman–Crippen MR) is 138 cm³/mol. The highest BCUT2D eigenvalue weighted by molar-refractivity contribution is 14.0. The fraction of sp³-hybridized carbons (Fsp3) is 0.304. The molecular formula is C23H29FIN5O2. The van der Waals surface area contributed by atoms with E-state index in [9.17, 15) is 9.18 Å². The number of amides is 1. The molecule has 0 bridgehead atoms. The summed E-state index contributed by atoms with van der Waals surface area (Å²) in [7, 11) is 0. The first-order valence-electron chi connectivity index (χ1n) is 10.3. The molecule has 0 saturated heterocycles. The third-order valence-corrected chi connectivity index (χ3v) is 4.54. The third-order valence-electron chi connectivity index (χ3n) is 4.54. The number of aromatic nitrogens is 1. The Bertz CT molecular complexity index is 1050. The molecule has 0 fully saturated rings. The Morgan fingerprint density at radius 2 is 2.03 bits per heavy atom. The number of hydrogen-bond acceptors (Lipinski definition) is 3. The molecule has 2 aromatic carbocycles. The quantitative estimate of drug-likeness (QED) is 0.139. The lowest BCUT2D eigenvalue weighted by atomic mass is 10.1. The lowest BCUT2D eigenvalue weighted by Crippen LogP contribution is -2.39. The normalized spacial score (nSPS) is 11.0. The van der Waals surface area contributed by atoms with Crippen molar-refractivity contribution in [3.63, 3.8) is 0 Å². The minimum atomic E-state index is -0.241. The summed E-state index contributed by atoms with van der Waals surface area (Å²) < 4.78 is 19.3. The van der Waals surface area contributed by atoms with Crippen LogP contribution in [-0.4, -0.2) is 43.1 Å². The summed E-state index contributed by atoms with van der Waals surface area (Å²) in [4.78, 5) is 18.9. The van der Waals surface area contributed by atoms with E-state index >= 15 is 0 Å². The van der Waals surface area contributed by atoms with Gasteiger partial charge in [-0.3, -0.25) is 9.79 Å². The average molecular weight is 553 g/mol. The van der Waals surface area contributed by atoms with E-state index in [0.29, 0.717) is 43.5 Å². The van der Waals surface area contributed by atoms with Crippen molar-refractivity contribution < 1.29 is 13.9 Å². The van der Waals surface area contributed by atoms with Crippen LogP contribution in [0.5, 0.6) is 5.75 Å². The number of carbonyl (C=O) groups excluding carboxylic acids is 1. The number of nitrogens with zero attached hydrogens (tertiary/aromatic N) is 1. The van der Waals surface area contributed by atoms with Crippen LogP contribution in [0.3, 0.4) is 0 Å². The lowest BCUT2D eigenvalue weighted by Gasteiger charge is -2.12. The van der Waals surface area contributed by atoms with Gasteiger partial charge in [-0.1, -0.05) is 6.07 Å². The van der Waals surface area contributed by atoms with Crippen molar-refractivity contribution in [2.24, 2.45) is 4.99 Å². The second-order valence-electron chi connectivity index (χ2n) is 7.00. The number of guanidine groups is 1. The molecule has 1 heterocycles. The number of carbonyl (C=O) groups is 1. The predicted octanol–water partition coefficient (Wildman–Crippen LogP) is 4.06. The Kier molecular flexibility index (Phi) is 10.3. The zero-order valence-electron chi connectivity index (χ0n) is 18.2. The van der Waals surface area contributed by atoms with E-state index in [-0.39, 0.29) is 35.7 Å². The van der Waals surface area contributed by atoms with Gasteiger partial charge in [0.05, 0.1) is 6.54 Å². The molecule has 9 heteroatoms. The molecule has 0 unspecified atom stereocenters. The van der Waals surface area contributed by atoms with Crippen LogP contribution in [0.15, 0.2) is 53.7 Å². The van der Waals surface area contributed by atoms with E-state index < -0.39 is 0 Å². The second-order valence-corrected chi connectivity index (χ2v) is 7.00. The molecule has 0 saturated carbocycles. The highest BCUT2D eigenvalue weighted by Crippen LogP contribution is 2.20. The Labute approximate surface area is 204 Å². The van der Waals surface area contributed by atoms with E-state index in [1.807, 2.05) is 31.3 Å². The van der Waals surface area contributed by atoms with Crippen LogP contribution in [-0.2, 0) is 11.2 Å². The van der Waals surface area contributed by atoms with Crippen molar-refractivity contribution >= 4 is 52.4 Å². The highest BCUT2D eigenvalue weighted by Gasteiger charge is 2.05. The van der Waals surface area contributed by atoms with Crippen molar-refractivity contribution in [3.05, 3.63) is 60.0 Å². The Morgan fingerprint density at radius 3 is 2.81 bits per heavy atom. The zero-order valence-corrected chi connectivity index (χ0v) is 20.5. The first-order chi connectivity index (χ1) is 15.0. The van der Waals surface area contributed by atoms with Gasteiger partial charge in [-0.25, -0.2) is 4.39 Å². The summed E-state index contributed by atoms with van der Waals surface area (Å²) in [5, 5.41) is 10.1. The summed E-state index contributed by atoms with van der Waals surface area (Å²) in [6.45, 7) is 5.78. The number of halogens is 2. The van der Waals surface area contributed by atoms with Gasteiger partial charge in [-0.15, -0.1) is 24.0 Å². The molecule has 0 aliphatic carbocycles. The summed E-state index contributed by atoms with van der Waals surface area (Å²) >= 11 is 0. The monoisotopic (exact) mass is 553 g/mol. The van der Waals surface area contributed by atoms with Gasteiger partial charge < -0.3 is 25.7 Å². The lowest BCUT2D eigenvalue weighted by molar-refractivity contribution is -0.114. The Hall–Kier alpha value is -2.82. The highest BCUT2D eigenvalue weighted by atomic mass is 127. The second kappa shape index (κ2) is 12.9. The molecule has 1 aromatic heterocycles. The third kappa shape index (κ3) is 7.70. The van der Waals surface area contributed by atoms with E-state index in [0.717, 1.165) is 23.0 Å². The summed E-state index contributed by atoms with van der Waals surface area (Å²) in [6.07, 6.45) is 2.61. The van der Waals surface area contributed by atoms with Crippen molar-refractivity contribution in [1.82, 2.24) is 15.6 Å². The van der Waals surface area contributed by atoms with Gasteiger partial charge in [0.25, 0.3) is 0 Å². The molecular weight excluding hydrogens is 524 g/mol. The van der Waals surface area contributed by atoms with E-state index in [4.69, 9.17) is 4.74 Å². The van der Waals surface area contributed by atoms with Gasteiger partial charge in [0.1, 0.15) is 18.2 Å². The van der Waals surface area contributed by atoms with E-state index in [2.05, 4.69) is 25.9 Å². The summed E-state index contributed by atoms with van der Waals surface area (Å²) in [5.74, 6) is 1.02. The zero-order chi connectivity index (χ0) is 22.1. The molecule has 3 aromatic rings. The minimum Gasteiger partial charge on any atom is -0.492 e. The number of H-pyrrole nitrogens is 1. The van der Waals surface area contributed by atoms with Gasteiger partial charge in [0, 0.05) is 48.9 Å². The van der Waals surface area contributed by atoms with E-state index in [1.165, 1.54) is 13.0 Å². The topological polar surface area (TPSA) is 90.5 Å². The maximum atomic E-state index is 13.5. The number of anilines is 1. The summed E-state index contributed by atoms with van der Waals surface area (Å²) in [5.41, 5.74) is 2.66. The van der Waals surface area contributed by atoms with Gasteiger partial charge in [-0.05, 0) is 49.2 Å².